The first-order valence-corrected chi connectivity index (χ1v) is 8.25. The van der Waals surface area contributed by atoms with E-state index in [-0.39, 0.29) is 12.5 Å². The van der Waals surface area contributed by atoms with Crippen LogP contribution in [0.1, 0.15) is 35.5 Å². The molecule has 0 aliphatic carbocycles. The summed E-state index contributed by atoms with van der Waals surface area (Å²) >= 11 is 1.45. The third-order valence-electron chi connectivity index (χ3n) is 3.95. The Bertz CT molecular complexity index is 536. The van der Waals surface area contributed by atoms with Crippen molar-refractivity contribution in [2.24, 2.45) is 0 Å². The maximum Gasteiger partial charge on any atom is 0.254 e. The fraction of sp³-hybridized carbons (Fsp3) is 0.562. The second kappa shape index (κ2) is 7.60. The molecule has 114 valence electrons. The van der Waals surface area contributed by atoms with Crippen molar-refractivity contribution < 1.29 is 9.90 Å². The van der Waals surface area contributed by atoms with Crippen LogP contribution in [-0.2, 0) is 0 Å². The van der Waals surface area contributed by atoms with Crippen LogP contribution in [-0.4, -0.2) is 59.6 Å². The van der Waals surface area contributed by atoms with Gasteiger partial charge in [0.2, 0.25) is 0 Å². The van der Waals surface area contributed by atoms with Crippen molar-refractivity contribution in [3.8, 4) is 11.8 Å². The molecule has 0 saturated carbocycles. The molecular weight excluding hydrogens is 284 g/mol. The molecule has 1 atom stereocenters. The predicted octanol–water partition coefficient (Wildman–Crippen LogP) is 1.65. The van der Waals surface area contributed by atoms with E-state index in [1.54, 1.807) is 0 Å². The van der Waals surface area contributed by atoms with Crippen molar-refractivity contribution in [2.75, 3.05) is 32.8 Å². The smallest absolute Gasteiger partial charge is 0.254 e. The Hall–Kier alpha value is -1.35. The number of piperazine rings is 1. The maximum atomic E-state index is 12.4. The van der Waals surface area contributed by atoms with Crippen LogP contribution < -0.4 is 0 Å². The summed E-state index contributed by atoms with van der Waals surface area (Å²) in [5.41, 5.74) is 0.708. The number of thiophene rings is 1. The first-order valence-electron chi connectivity index (χ1n) is 7.37. The summed E-state index contributed by atoms with van der Waals surface area (Å²) in [5, 5.41) is 10.5. The summed E-state index contributed by atoms with van der Waals surface area (Å²) in [6, 6.07) is 2.40. The Morgan fingerprint density at radius 3 is 2.76 bits per heavy atom. The van der Waals surface area contributed by atoms with Crippen molar-refractivity contribution in [1.29, 1.82) is 0 Å². The van der Waals surface area contributed by atoms with Gasteiger partial charge in [0.1, 0.15) is 6.61 Å². The van der Waals surface area contributed by atoms with Gasteiger partial charge in [-0.15, -0.1) is 11.3 Å². The zero-order chi connectivity index (χ0) is 15.2. The van der Waals surface area contributed by atoms with E-state index in [1.807, 2.05) is 16.3 Å². The fourth-order valence-corrected chi connectivity index (χ4v) is 3.20. The van der Waals surface area contributed by atoms with Crippen LogP contribution in [0.5, 0.6) is 0 Å². The lowest BCUT2D eigenvalue weighted by molar-refractivity contribution is 0.0580. The largest absolute Gasteiger partial charge is 0.384 e. The summed E-state index contributed by atoms with van der Waals surface area (Å²) in [6.07, 6.45) is 1.14. The third-order valence-corrected chi connectivity index (χ3v) is 4.80. The zero-order valence-electron chi connectivity index (χ0n) is 12.6. The van der Waals surface area contributed by atoms with E-state index in [2.05, 4.69) is 30.6 Å². The van der Waals surface area contributed by atoms with Gasteiger partial charge < -0.3 is 10.0 Å². The molecule has 5 heteroatoms. The molecule has 1 aliphatic heterocycles. The van der Waals surface area contributed by atoms with Gasteiger partial charge in [0.15, 0.2) is 0 Å². The average Bonchev–Trinajstić information content (AvgIpc) is 3.00. The van der Waals surface area contributed by atoms with Gasteiger partial charge in [-0.1, -0.05) is 18.8 Å². The first kappa shape index (κ1) is 16.0. The highest BCUT2D eigenvalue weighted by Gasteiger charge is 2.24. The molecule has 2 rings (SSSR count). The first-order chi connectivity index (χ1) is 10.2. The number of hydrogen-bond donors (Lipinski definition) is 1. The van der Waals surface area contributed by atoms with E-state index in [0.717, 1.165) is 37.5 Å². The summed E-state index contributed by atoms with van der Waals surface area (Å²) in [4.78, 5) is 17.6. The van der Waals surface area contributed by atoms with E-state index in [9.17, 15) is 4.79 Å². The van der Waals surface area contributed by atoms with Gasteiger partial charge in [-0.25, -0.2) is 0 Å². The summed E-state index contributed by atoms with van der Waals surface area (Å²) in [7, 11) is 0. The highest BCUT2D eigenvalue weighted by Crippen LogP contribution is 2.17. The van der Waals surface area contributed by atoms with Crippen LogP contribution in [0.2, 0.25) is 0 Å². The molecule has 0 aromatic carbocycles. The van der Waals surface area contributed by atoms with Gasteiger partial charge in [0.25, 0.3) is 5.91 Å². The number of hydrogen-bond acceptors (Lipinski definition) is 4. The Kier molecular flexibility index (Phi) is 5.80. The number of nitrogens with zero attached hydrogens (tertiary/aromatic N) is 2. The van der Waals surface area contributed by atoms with Gasteiger partial charge in [0, 0.05) is 37.6 Å². The Morgan fingerprint density at radius 1 is 1.43 bits per heavy atom. The Labute approximate surface area is 130 Å². The maximum absolute atomic E-state index is 12.4. The van der Waals surface area contributed by atoms with Crippen LogP contribution in [0.3, 0.4) is 0 Å². The molecule has 1 aromatic rings. The molecule has 2 heterocycles. The minimum atomic E-state index is -0.154. The molecule has 1 unspecified atom stereocenters. The second-order valence-electron chi connectivity index (χ2n) is 5.24. The van der Waals surface area contributed by atoms with Crippen molar-refractivity contribution >= 4 is 17.2 Å². The normalized spacial score (nSPS) is 17.2. The number of carbonyl (C=O) groups excluding carboxylic acids is 1. The Morgan fingerprint density at radius 2 is 2.14 bits per heavy atom. The lowest BCUT2D eigenvalue weighted by atomic mass is 10.1. The van der Waals surface area contributed by atoms with Gasteiger partial charge in [0.05, 0.1) is 10.4 Å². The molecule has 1 aromatic heterocycles. The van der Waals surface area contributed by atoms with E-state index in [1.165, 1.54) is 11.3 Å². The topological polar surface area (TPSA) is 43.8 Å². The fourth-order valence-electron chi connectivity index (χ4n) is 2.45. The molecule has 1 saturated heterocycles. The third kappa shape index (κ3) is 4.07. The number of aliphatic hydroxyl groups excluding tert-OH is 1. The molecule has 1 N–H and O–H groups in total. The molecule has 0 spiro atoms. The summed E-state index contributed by atoms with van der Waals surface area (Å²) < 4.78 is 0. The van der Waals surface area contributed by atoms with Crippen LogP contribution in [0.4, 0.5) is 0 Å². The quantitative estimate of drug-likeness (QED) is 0.864. The SMILES string of the molecule is CCC(C)N1CCN(C(=O)c2csc(C#CCO)c2)CC1. The van der Waals surface area contributed by atoms with E-state index >= 15 is 0 Å². The van der Waals surface area contributed by atoms with E-state index < -0.39 is 0 Å². The lowest BCUT2D eigenvalue weighted by Crippen LogP contribution is -2.51. The highest BCUT2D eigenvalue weighted by atomic mass is 32.1. The van der Waals surface area contributed by atoms with Crippen molar-refractivity contribution in [2.45, 2.75) is 26.3 Å². The molecule has 1 amide bonds. The second-order valence-corrected chi connectivity index (χ2v) is 6.16. The Balaban J connectivity index is 1.94. The molecule has 0 radical (unpaired) electrons. The van der Waals surface area contributed by atoms with Gasteiger partial charge in [-0.3, -0.25) is 9.69 Å². The van der Waals surface area contributed by atoms with Gasteiger partial charge in [-0.2, -0.15) is 0 Å². The van der Waals surface area contributed by atoms with Crippen LogP contribution in [0.15, 0.2) is 11.4 Å². The van der Waals surface area contributed by atoms with Crippen LogP contribution >= 0.6 is 11.3 Å². The number of rotatable bonds is 3. The summed E-state index contributed by atoms with van der Waals surface area (Å²) in [5.74, 6) is 5.54. The zero-order valence-corrected chi connectivity index (χ0v) is 13.4. The molecule has 21 heavy (non-hydrogen) atoms. The van der Waals surface area contributed by atoms with E-state index in [0.29, 0.717) is 11.6 Å². The van der Waals surface area contributed by atoms with Crippen LogP contribution in [0, 0.1) is 11.8 Å². The monoisotopic (exact) mass is 306 g/mol. The lowest BCUT2D eigenvalue weighted by Gasteiger charge is -2.37. The van der Waals surface area contributed by atoms with Crippen LogP contribution in [0.25, 0.3) is 0 Å². The highest BCUT2D eigenvalue weighted by molar-refractivity contribution is 7.10. The number of aliphatic hydroxyl groups is 1. The van der Waals surface area contributed by atoms with E-state index in [4.69, 9.17) is 5.11 Å². The molecule has 1 aliphatic rings. The van der Waals surface area contributed by atoms with Crippen molar-refractivity contribution in [1.82, 2.24) is 9.80 Å². The average molecular weight is 306 g/mol. The van der Waals surface area contributed by atoms with Crippen molar-refractivity contribution in [3.63, 3.8) is 0 Å². The minimum Gasteiger partial charge on any atom is -0.384 e. The molecule has 1 fully saturated rings. The molecular formula is C16H22N2O2S. The minimum absolute atomic E-state index is 0.0899. The van der Waals surface area contributed by atoms with Gasteiger partial charge >= 0.3 is 0 Å². The molecule has 0 bridgehead atoms. The summed E-state index contributed by atoms with van der Waals surface area (Å²) in [6.45, 7) is 7.75. The van der Waals surface area contributed by atoms with Crippen molar-refractivity contribution in [3.05, 3.63) is 21.9 Å². The standard InChI is InChI=1S/C16H22N2O2S/c1-3-13(2)17-6-8-18(9-7-17)16(20)14-11-15(21-12-14)5-4-10-19/h11-13,19H,3,6-10H2,1-2H3. The van der Waals surface area contributed by atoms with Gasteiger partial charge in [-0.05, 0) is 19.4 Å². The number of carbonyl (C=O) groups is 1. The predicted molar refractivity (Wildman–Crippen MR) is 85.5 cm³/mol. The molecule has 4 nitrogen and oxygen atoms in total. The number of amides is 1.